The van der Waals surface area contributed by atoms with Crippen molar-refractivity contribution in [3.05, 3.63) is 34.9 Å². The highest BCUT2D eigenvalue weighted by molar-refractivity contribution is 7.97. The van der Waals surface area contributed by atoms with Gasteiger partial charge in [-0.2, -0.15) is 0 Å². The van der Waals surface area contributed by atoms with Gasteiger partial charge in [0.25, 0.3) is 0 Å². The average Bonchev–Trinajstić information content (AvgIpc) is 2.16. The lowest BCUT2D eigenvalue weighted by molar-refractivity contribution is -0.108. The average molecular weight is 206 g/mol. The molecule has 0 spiro atoms. The Kier molecular flexibility index (Phi) is 2.33. The summed E-state index contributed by atoms with van der Waals surface area (Å²) < 4.78 is 5.41. The topological polar surface area (TPSA) is 26.3 Å². The number of hydrogen-bond acceptors (Lipinski definition) is 2. The van der Waals surface area contributed by atoms with Gasteiger partial charge in [-0.3, -0.25) is 4.79 Å². The van der Waals surface area contributed by atoms with Crippen LogP contribution in [0.1, 0.15) is 11.1 Å². The van der Waals surface area contributed by atoms with Crippen LogP contribution < -0.4 is 4.74 Å². The molecule has 1 heterocycles. The number of fused-ring (bicyclic) bond motifs is 1. The Labute approximate surface area is 88.0 Å². The lowest BCUT2D eigenvalue weighted by Gasteiger charge is -2.16. The van der Waals surface area contributed by atoms with E-state index in [2.05, 4.69) is 12.6 Å². The summed E-state index contributed by atoms with van der Waals surface area (Å²) in [4.78, 5) is 11.0. The van der Waals surface area contributed by atoms with E-state index in [4.69, 9.17) is 4.74 Å². The SMILES string of the molecule is Cc1ccc2c(c1)C=C(C(=O)S)CO2. The Hall–Kier alpha value is -1.22. The second-order valence-electron chi connectivity index (χ2n) is 3.30. The molecule has 3 heteroatoms. The first-order valence-electron chi connectivity index (χ1n) is 4.34. The predicted molar refractivity (Wildman–Crippen MR) is 58.6 cm³/mol. The van der Waals surface area contributed by atoms with Crippen molar-refractivity contribution in [3.63, 3.8) is 0 Å². The van der Waals surface area contributed by atoms with Gasteiger partial charge in [-0.25, -0.2) is 0 Å². The van der Waals surface area contributed by atoms with Crippen molar-refractivity contribution in [2.24, 2.45) is 0 Å². The van der Waals surface area contributed by atoms with E-state index in [1.165, 1.54) is 0 Å². The largest absolute Gasteiger partial charge is 0.488 e. The first-order valence-corrected chi connectivity index (χ1v) is 4.79. The Balaban J connectivity index is 2.47. The molecule has 0 unspecified atom stereocenters. The zero-order valence-corrected chi connectivity index (χ0v) is 8.67. The monoisotopic (exact) mass is 206 g/mol. The number of carbonyl (C=O) groups is 1. The summed E-state index contributed by atoms with van der Waals surface area (Å²) in [6, 6.07) is 5.90. The van der Waals surface area contributed by atoms with Crippen molar-refractivity contribution in [1.82, 2.24) is 0 Å². The molecule has 2 nitrogen and oxygen atoms in total. The third kappa shape index (κ3) is 1.68. The number of thiol groups is 1. The summed E-state index contributed by atoms with van der Waals surface area (Å²) in [5.41, 5.74) is 2.71. The minimum Gasteiger partial charge on any atom is -0.488 e. The van der Waals surface area contributed by atoms with Gasteiger partial charge in [0.05, 0.1) is 0 Å². The van der Waals surface area contributed by atoms with Crippen LogP contribution in [0.25, 0.3) is 6.08 Å². The molecular formula is C11H10O2S. The van der Waals surface area contributed by atoms with Gasteiger partial charge < -0.3 is 4.74 Å². The predicted octanol–water partition coefficient (Wildman–Crippen LogP) is 2.23. The highest BCUT2D eigenvalue weighted by atomic mass is 32.1. The molecule has 72 valence electrons. The van der Waals surface area contributed by atoms with E-state index >= 15 is 0 Å². The molecule has 0 amide bonds. The smallest absolute Gasteiger partial charge is 0.215 e. The quantitative estimate of drug-likeness (QED) is 0.713. The third-order valence-electron chi connectivity index (χ3n) is 2.15. The van der Waals surface area contributed by atoms with Crippen LogP contribution in [0, 0.1) is 6.92 Å². The second kappa shape index (κ2) is 3.50. The molecule has 1 aromatic carbocycles. The van der Waals surface area contributed by atoms with Crippen molar-refractivity contribution < 1.29 is 9.53 Å². The van der Waals surface area contributed by atoms with Gasteiger partial charge in [-0.15, -0.1) is 12.6 Å². The van der Waals surface area contributed by atoms with Crippen molar-refractivity contribution >= 4 is 23.8 Å². The number of rotatable bonds is 1. The summed E-state index contributed by atoms with van der Waals surface area (Å²) in [6.07, 6.45) is 1.83. The molecule has 0 atom stereocenters. The molecule has 0 radical (unpaired) electrons. The van der Waals surface area contributed by atoms with Gasteiger partial charge in [0.2, 0.25) is 5.12 Å². The maximum Gasteiger partial charge on any atom is 0.215 e. The van der Waals surface area contributed by atoms with Crippen LogP contribution in [0.2, 0.25) is 0 Å². The van der Waals surface area contributed by atoms with E-state index in [9.17, 15) is 4.79 Å². The Bertz CT molecular complexity index is 421. The van der Waals surface area contributed by atoms with Crippen LogP contribution in [0.15, 0.2) is 23.8 Å². The fraction of sp³-hybridized carbons (Fsp3) is 0.182. The second-order valence-corrected chi connectivity index (χ2v) is 3.71. The molecule has 14 heavy (non-hydrogen) atoms. The zero-order valence-electron chi connectivity index (χ0n) is 7.78. The molecule has 0 aliphatic carbocycles. The first-order chi connectivity index (χ1) is 6.66. The maximum atomic E-state index is 11.0. The molecule has 0 N–H and O–H groups in total. The maximum absolute atomic E-state index is 11.0. The van der Waals surface area contributed by atoms with Crippen LogP contribution in [0.5, 0.6) is 5.75 Å². The van der Waals surface area contributed by atoms with Crippen LogP contribution in [0.3, 0.4) is 0 Å². The number of ether oxygens (including phenoxy) is 1. The lowest BCUT2D eigenvalue weighted by atomic mass is 10.1. The number of hydrogen-bond donors (Lipinski definition) is 1. The van der Waals surface area contributed by atoms with Crippen LogP contribution in [-0.2, 0) is 4.79 Å². The molecule has 1 aliphatic heterocycles. The van der Waals surface area contributed by atoms with Gasteiger partial charge in [-0.1, -0.05) is 11.6 Å². The van der Waals surface area contributed by atoms with E-state index in [1.807, 2.05) is 31.2 Å². The van der Waals surface area contributed by atoms with E-state index in [1.54, 1.807) is 0 Å². The minimum atomic E-state index is -0.225. The van der Waals surface area contributed by atoms with Gasteiger partial charge in [0.15, 0.2) is 0 Å². The van der Waals surface area contributed by atoms with Gasteiger partial charge in [0.1, 0.15) is 12.4 Å². The summed E-state index contributed by atoms with van der Waals surface area (Å²) in [7, 11) is 0. The normalized spacial score (nSPS) is 14.0. The van der Waals surface area contributed by atoms with E-state index in [0.717, 1.165) is 16.9 Å². The first kappa shape index (κ1) is 9.34. The van der Waals surface area contributed by atoms with Crippen LogP contribution in [0.4, 0.5) is 0 Å². The number of benzene rings is 1. The lowest BCUT2D eigenvalue weighted by Crippen LogP contribution is -2.11. The summed E-state index contributed by atoms with van der Waals surface area (Å²) >= 11 is 3.77. The van der Waals surface area contributed by atoms with Crippen LogP contribution >= 0.6 is 12.6 Å². The summed E-state index contributed by atoms with van der Waals surface area (Å²) in [5, 5.41) is -0.225. The third-order valence-corrected chi connectivity index (χ3v) is 2.44. The molecule has 1 aromatic rings. The Morgan fingerprint density at radius 1 is 1.50 bits per heavy atom. The number of aryl methyl sites for hydroxylation is 1. The minimum absolute atomic E-state index is 0.225. The summed E-state index contributed by atoms with van der Waals surface area (Å²) in [6.45, 7) is 2.32. The zero-order chi connectivity index (χ0) is 10.1. The van der Waals surface area contributed by atoms with E-state index in [0.29, 0.717) is 12.2 Å². The number of carbonyl (C=O) groups excluding carboxylic acids is 1. The van der Waals surface area contributed by atoms with Crippen molar-refractivity contribution in [3.8, 4) is 5.75 Å². The Morgan fingerprint density at radius 2 is 2.29 bits per heavy atom. The molecule has 1 aliphatic rings. The molecule has 2 rings (SSSR count). The molecule has 0 bridgehead atoms. The van der Waals surface area contributed by atoms with E-state index in [-0.39, 0.29) is 5.12 Å². The van der Waals surface area contributed by atoms with Gasteiger partial charge >= 0.3 is 0 Å². The van der Waals surface area contributed by atoms with Crippen molar-refractivity contribution in [1.29, 1.82) is 0 Å². The molecule has 0 saturated heterocycles. The molecule has 0 fully saturated rings. The fourth-order valence-electron chi connectivity index (χ4n) is 1.42. The van der Waals surface area contributed by atoms with Gasteiger partial charge in [-0.05, 0) is 25.1 Å². The Morgan fingerprint density at radius 3 is 3.00 bits per heavy atom. The molecule has 0 saturated carbocycles. The highest BCUT2D eigenvalue weighted by Gasteiger charge is 2.14. The van der Waals surface area contributed by atoms with Gasteiger partial charge in [0, 0.05) is 11.1 Å². The molecule has 0 aromatic heterocycles. The molecular weight excluding hydrogens is 196 g/mol. The fourth-order valence-corrected chi connectivity index (χ4v) is 1.55. The summed E-state index contributed by atoms with van der Waals surface area (Å²) in [5.74, 6) is 0.828. The van der Waals surface area contributed by atoms with Crippen molar-refractivity contribution in [2.75, 3.05) is 6.61 Å². The standard InChI is InChI=1S/C11H10O2S/c1-7-2-3-10-8(4-7)5-9(6-13-10)11(12)14/h2-5H,6H2,1H3,(H,12,14). The van der Waals surface area contributed by atoms with Crippen LogP contribution in [-0.4, -0.2) is 11.7 Å². The highest BCUT2D eigenvalue weighted by Crippen LogP contribution is 2.27. The van der Waals surface area contributed by atoms with Crippen molar-refractivity contribution in [2.45, 2.75) is 6.92 Å². The van der Waals surface area contributed by atoms with E-state index < -0.39 is 0 Å².